The summed E-state index contributed by atoms with van der Waals surface area (Å²) < 4.78 is 34.3. The number of likely N-dealkylation sites (N-methyl/N-ethyl adjacent to an activating group) is 1. The zero-order valence-corrected chi connectivity index (χ0v) is 15.7. The van der Waals surface area contributed by atoms with Crippen molar-refractivity contribution in [2.75, 3.05) is 14.2 Å². The average molecular weight is 358 g/mol. The van der Waals surface area contributed by atoms with Gasteiger partial charge in [-0.25, -0.2) is 0 Å². The van der Waals surface area contributed by atoms with Crippen LogP contribution in [0.3, 0.4) is 0 Å². The molecule has 0 aliphatic carbocycles. The third kappa shape index (κ3) is 6.49. The SMILES string of the molecule is CCC(C)(C)NC(=O)C(C)N(C)Cc1ccc(OC(F)F)c(OC)c1. The number of alkyl halides is 2. The van der Waals surface area contributed by atoms with E-state index in [-0.39, 0.29) is 29.0 Å². The molecule has 142 valence electrons. The lowest BCUT2D eigenvalue weighted by Gasteiger charge is -2.30. The number of benzene rings is 1. The molecule has 5 nitrogen and oxygen atoms in total. The predicted molar refractivity (Wildman–Crippen MR) is 93.1 cm³/mol. The quantitative estimate of drug-likeness (QED) is 0.735. The van der Waals surface area contributed by atoms with Gasteiger partial charge in [-0.15, -0.1) is 0 Å². The number of ether oxygens (including phenoxy) is 2. The van der Waals surface area contributed by atoms with E-state index in [9.17, 15) is 13.6 Å². The van der Waals surface area contributed by atoms with E-state index in [0.29, 0.717) is 6.54 Å². The van der Waals surface area contributed by atoms with Crippen molar-refractivity contribution < 1.29 is 23.0 Å². The van der Waals surface area contributed by atoms with Crippen molar-refractivity contribution in [1.29, 1.82) is 0 Å². The highest BCUT2D eigenvalue weighted by Gasteiger charge is 2.24. The van der Waals surface area contributed by atoms with Crippen molar-refractivity contribution in [3.05, 3.63) is 23.8 Å². The van der Waals surface area contributed by atoms with Crippen molar-refractivity contribution in [3.8, 4) is 11.5 Å². The van der Waals surface area contributed by atoms with Gasteiger partial charge < -0.3 is 14.8 Å². The number of nitrogens with zero attached hydrogens (tertiary/aromatic N) is 1. The third-order valence-corrected chi connectivity index (χ3v) is 4.26. The first-order valence-corrected chi connectivity index (χ1v) is 8.23. The number of carbonyl (C=O) groups is 1. The van der Waals surface area contributed by atoms with Crippen LogP contribution in [-0.4, -0.2) is 43.2 Å². The van der Waals surface area contributed by atoms with Gasteiger partial charge in [0.25, 0.3) is 0 Å². The van der Waals surface area contributed by atoms with Gasteiger partial charge in [0, 0.05) is 12.1 Å². The Balaban J connectivity index is 2.78. The Bertz CT molecular complexity index is 579. The van der Waals surface area contributed by atoms with E-state index in [1.807, 2.05) is 39.6 Å². The van der Waals surface area contributed by atoms with Crippen LogP contribution in [0.1, 0.15) is 39.7 Å². The molecule has 0 aliphatic rings. The number of rotatable bonds is 9. The number of hydrogen-bond donors (Lipinski definition) is 1. The second-order valence-corrected chi connectivity index (χ2v) is 6.68. The number of hydrogen-bond acceptors (Lipinski definition) is 4. The fourth-order valence-electron chi connectivity index (χ4n) is 2.16. The number of nitrogens with one attached hydrogen (secondary N) is 1. The molecular formula is C18H28F2N2O3. The summed E-state index contributed by atoms with van der Waals surface area (Å²) in [7, 11) is 3.23. The van der Waals surface area contributed by atoms with E-state index in [2.05, 4.69) is 10.1 Å². The lowest BCUT2D eigenvalue weighted by Crippen LogP contribution is -2.50. The molecule has 0 saturated carbocycles. The van der Waals surface area contributed by atoms with Gasteiger partial charge in [0.15, 0.2) is 11.5 Å². The van der Waals surface area contributed by atoms with Gasteiger partial charge in [-0.05, 0) is 51.9 Å². The summed E-state index contributed by atoms with van der Waals surface area (Å²) in [5.41, 5.74) is 0.569. The Kier molecular flexibility index (Phi) is 7.60. The Morgan fingerprint density at radius 1 is 1.32 bits per heavy atom. The molecule has 1 amide bonds. The van der Waals surface area contributed by atoms with Gasteiger partial charge in [0.05, 0.1) is 13.2 Å². The summed E-state index contributed by atoms with van der Waals surface area (Å²) in [6.45, 7) is 5.35. The van der Waals surface area contributed by atoms with Crippen molar-refractivity contribution >= 4 is 5.91 Å². The molecule has 0 spiro atoms. The van der Waals surface area contributed by atoms with Crippen LogP contribution in [0.2, 0.25) is 0 Å². The van der Waals surface area contributed by atoms with E-state index in [1.54, 1.807) is 12.1 Å². The van der Waals surface area contributed by atoms with Gasteiger partial charge in [-0.1, -0.05) is 13.0 Å². The molecule has 0 aliphatic heterocycles. The predicted octanol–water partition coefficient (Wildman–Crippen LogP) is 3.42. The van der Waals surface area contributed by atoms with Crippen LogP contribution in [0.5, 0.6) is 11.5 Å². The van der Waals surface area contributed by atoms with Gasteiger partial charge in [0.1, 0.15) is 0 Å². The number of carbonyl (C=O) groups excluding carboxylic acids is 1. The summed E-state index contributed by atoms with van der Waals surface area (Å²) in [6.07, 6.45) is 0.831. The highest BCUT2D eigenvalue weighted by molar-refractivity contribution is 5.81. The van der Waals surface area contributed by atoms with Crippen molar-refractivity contribution in [2.45, 2.75) is 58.9 Å². The first kappa shape index (κ1) is 21.2. The molecular weight excluding hydrogens is 330 g/mol. The van der Waals surface area contributed by atoms with Crippen LogP contribution < -0.4 is 14.8 Å². The largest absolute Gasteiger partial charge is 0.493 e. The smallest absolute Gasteiger partial charge is 0.387 e. The molecule has 0 saturated heterocycles. The molecule has 0 aromatic heterocycles. The van der Waals surface area contributed by atoms with E-state index >= 15 is 0 Å². The minimum absolute atomic E-state index is 0.0145. The van der Waals surface area contributed by atoms with E-state index in [4.69, 9.17) is 4.74 Å². The third-order valence-electron chi connectivity index (χ3n) is 4.26. The molecule has 0 heterocycles. The lowest BCUT2D eigenvalue weighted by atomic mass is 10.0. The van der Waals surface area contributed by atoms with Gasteiger partial charge in [-0.2, -0.15) is 8.78 Å². The minimum Gasteiger partial charge on any atom is -0.493 e. The Labute approximate surface area is 148 Å². The highest BCUT2D eigenvalue weighted by Crippen LogP contribution is 2.30. The summed E-state index contributed by atoms with van der Waals surface area (Å²) in [5, 5.41) is 3.02. The molecule has 1 N–H and O–H groups in total. The molecule has 0 fully saturated rings. The Morgan fingerprint density at radius 3 is 2.48 bits per heavy atom. The first-order valence-electron chi connectivity index (χ1n) is 8.23. The van der Waals surface area contributed by atoms with Crippen molar-refractivity contribution in [3.63, 3.8) is 0 Å². The average Bonchev–Trinajstić information content (AvgIpc) is 2.54. The summed E-state index contributed by atoms with van der Waals surface area (Å²) in [5.74, 6) is 0.161. The standard InChI is InChI=1S/C18H28F2N2O3/c1-7-18(3,4)21-16(23)12(2)22(5)11-13-8-9-14(25-17(19)20)15(10-13)24-6/h8-10,12,17H,7,11H2,1-6H3,(H,21,23). The Hall–Kier alpha value is -1.89. The van der Waals surface area contributed by atoms with Crippen LogP contribution >= 0.6 is 0 Å². The summed E-state index contributed by atoms with van der Waals surface area (Å²) in [4.78, 5) is 14.2. The van der Waals surface area contributed by atoms with Gasteiger partial charge >= 0.3 is 6.61 Å². The topological polar surface area (TPSA) is 50.8 Å². The maximum absolute atomic E-state index is 12.4. The van der Waals surface area contributed by atoms with Gasteiger partial charge in [0.2, 0.25) is 5.91 Å². The van der Waals surface area contributed by atoms with Crippen molar-refractivity contribution in [2.24, 2.45) is 0 Å². The molecule has 1 aromatic rings. The molecule has 7 heteroatoms. The molecule has 0 bridgehead atoms. The number of methoxy groups -OCH3 is 1. The van der Waals surface area contributed by atoms with Crippen LogP contribution in [-0.2, 0) is 11.3 Å². The summed E-state index contributed by atoms with van der Waals surface area (Å²) in [6, 6.07) is 4.42. The van der Waals surface area contributed by atoms with E-state index < -0.39 is 6.61 Å². The molecule has 1 unspecified atom stereocenters. The normalized spacial score (nSPS) is 13.0. The zero-order chi connectivity index (χ0) is 19.2. The molecule has 1 aromatic carbocycles. The number of amides is 1. The zero-order valence-electron chi connectivity index (χ0n) is 15.7. The minimum atomic E-state index is -2.91. The fourth-order valence-corrected chi connectivity index (χ4v) is 2.16. The maximum Gasteiger partial charge on any atom is 0.387 e. The van der Waals surface area contributed by atoms with Crippen molar-refractivity contribution in [1.82, 2.24) is 10.2 Å². The first-order chi connectivity index (χ1) is 11.6. The lowest BCUT2D eigenvalue weighted by molar-refractivity contribution is -0.127. The number of halogens is 2. The Morgan fingerprint density at radius 2 is 1.96 bits per heavy atom. The van der Waals surface area contributed by atoms with Crippen LogP contribution in [0, 0.1) is 0 Å². The van der Waals surface area contributed by atoms with E-state index in [1.165, 1.54) is 13.2 Å². The highest BCUT2D eigenvalue weighted by atomic mass is 19.3. The van der Waals surface area contributed by atoms with Crippen LogP contribution in [0.4, 0.5) is 8.78 Å². The van der Waals surface area contributed by atoms with Crippen LogP contribution in [0.25, 0.3) is 0 Å². The monoisotopic (exact) mass is 358 g/mol. The van der Waals surface area contributed by atoms with E-state index in [0.717, 1.165) is 12.0 Å². The molecule has 1 rings (SSSR count). The fraction of sp³-hybridized carbons (Fsp3) is 0.611. The second kappa shape index (κ2) is 8.99. The van der Waals surface area contributed by atoms with Gasteiger partial charge in [-0.3, -0.25) is 9.69 Å². The molecule has 1 atom stereocenters. The second-order valence-electron chi connectivity index (χ2n) is 6.68. The maximum atomic E-state index is 12.4. The molecule has 0 radical (unpaired) electrons. The van der Waals surface area contributed by atoms with Crippen LogP contribution in [0.15, 0.2) is 18.2 Å². The molecule has 25 heavy (non-hydrogen) atoms. The summed E-state index contributed by atoms with van der Waals surface area (Å²) >= 11 is 0.